The number of hydrogen-bond donors (Lipinski definition) is 6. The summed E-state index contributed by atoms with van der Waals surface area (Å²) in [5.41, 5.74) is 3.18. The molecule has 10 nitrogen and oxygen atoms in total. The third kappa shape index (κ3) is 5.97. The smallest absolute Gasteiger partial charge is 0.328 e. The van der Waals surface area contributed by atoms with Crippen molar-refractivity contribution in [2.24, 2.45) is 0 Å². The molecule has 212 valence electrons. The molecule has 11 heteroatoms. The molecule has 2 unspecified atom stereocenters. The van der Waals surface area contributed by atoms with Crippen LogP contribution in [0.15, 0.2) is 66.7 Å². The number of carboxylic acids is 1. The molecule has 6 N–H and O–H groups in total. The second-order valence-corrected chi connectivity index (χ2v) is 10.7. The molecule has 0 radical (unpaired) electrons. The predicted molar refractivity (Wildman–Crippen MR) is 151 cm³/mol. The van der Waals surface area contributed by atoms with Gasteiger partial charge in [0.15, 0.2) is 0 Å². The topological polar surface area (TPSA) is 157 Å². The Morgan fingerprint density at radius 1 is 0.976 bits per heavy atom. The predicted octanol–water partition coefficient (Wildman–Crippen LogP) is 3.11. The molecule has 4 amide bonds. The van der Waals surface area contributed by atoms with Crippen LogP contribution in [-0.2, 0) is 23.2 Å². The van der Waals surface area contributed by atoms with E-state index in [9.17, 15) is 29.4 Å². The number of rotatable bonds is 9. The van der Waals surface area contributed by atoms with Crippen molar-refractivity contribution < 1.29 is 29.4 Å². The fourth-order valence-electron chi connectivity index (χ4n) is 5.40. The Labute approximate surface area is 241 Å². The summed E-state index contributed by atoms with van der Waals surface area (Å²) in [6.45, 7) is -0.255. The van der Waals surface area contributed by atoms with E-state index >= 15 is 0 Å². The van der Waals surface area contributed by atoms with Crippen LogP contribution < -0.4 is 21.3 Å². The van der Waals surface area contributed by atoms with Crippen molar-refractivity contribution >= 4 is 35.4 Å². The van der Waals surface area contributed by atoms with Gasteiger partial charge in [-0.1, -0.05) is 54.1 Å². The molecule has 3 aromatic rings. The van der Waals surface area contributed by atoms with Gasteiger partial charge >= 0.3 is 12.0 Å². The third-order valence-electron chi connectivity index (χ3n) is 7.75. The van der Waals surface area contributed by atoms with Gasteiger partial charge in [0, 0.05) is 29.1 Å². The average molecular weight is 577 g/mol. The monoisotopic (exact) mass is 576 g/mol. The number of carbonyl (C=O) groups is 4. The largest absolute Gasteiger partial charge is 0.508 e. The van der Waals surface area contributed by atoms with Crippen LogP contribution in [-0.4, -0.2) is 52.7 Å². The van der Waals surface area contributed by atoms with Crippen molar-refractivity contribution in [3.63, 3.8) is 0 Å². The van der Waals surface area contributed by atoms with Crippen LogP contribution in [0.3, 0.4) is 0 Å². The van der Waals surface area contributed by atoms with Crippen LogP contribution in [0.2, 0.25) is 5.02 Å². The summed E-state index contributed by atoms with van der Waals surface area (Å²) in [5, 5.41) is 29.9. The molecule has 0 aromatic heterocycles. The van der Waals surface area contributed by atoms with Crippen LogP contribution in [0.25, 0.3) is 0 Å². The molecule has 2 aliphatic rings. The average Bonchev–Trinajstić information content (AvgIpc) is 3.52. The van der Waals surface area contributed by atoms with Crippen molar-refractivity contribution in [2.45, 2.75) is 43.3 Å². The summed E-state index contributed by atoms with van der Waals surface area (Å²) in [4.78, 5) is 49.7. The third-order valence-corrected chi connectivity index (χ3v) is 8.06. The van der Waals surface area contributed by atoms with E-state index in [0.717, 1.165) is 19.3 Å². The van der Waals surface area contributed by atoms with Crippen molar-refractivity contribution in [1.82, 2.24) is 21.3 Å². The number of urea groups is 1. The van der Waals surface area contributed by atoms with Crippen LogP contribution in [0.5, 0.6) is 5.75 Å². The van der Waals surface area contributed by atoms with Gasteiger partial charge in [-0.15, -0.1) is 0 Å². The normalized spacial score (nSPS) is 19.1. The number of halogens is 1. The summed E-state index contributed by atoms with van der Waals surface area (Å²) in [7, 11) is 0. The first-order chi connectivity index (χ1) is 19.7. The Morgan fingerprint density at radius 2 is 1.73 bits per heavy atom. The number of para-hydroxylation sites is 1. The maximum atomic E-state index is 12.8. The number of amides is 4. The fraction of sp³-hybridized carbons (Fsp3) is 0.267. The lowest BCUT2D eigenvalue weighted by Crippen LogP contribution is -2.50. The Bertz CT molecular complexity index is 1530. The molecule has 0 aliphatic heterocycles. The Hall–Kier alpha value is -4.57. The first-order valence-corrected chi connectivity index (χ1v) is 13.6. The van der Waals surface area contributed by atoms with Crippen LogP contribution in [0.1, 0.15) is 50.2 Å². The lowest BCUT2D eigenvalue weighted by molar-refractivity contribution is -0.139. The van der Waals surface area contributed by atoms with E-state index in [1.54, 1.807) is 18.2 Å². The van der Waals surface area contributed by atoms with Crippen molar-refractivity contribution in [2.75, 3.05) is 6.54 Å². The van der Waals surface area contributed by atoms with E-state index in [0.29, 0.717) is 5.56 Å². The Morgan fingerprint density at radius 3 is 2.49 bits per heavy atom. The summed E-state index contributed by atoms with van der Waals surface area (Å²) >= 11 is 6.25. The number of nitrogens with one attached hydrogen (secondary N) is 4. The second kappa shape index (κ2) is 11.5. The van der Waals surface area contributed by atoms with E-state index < -0.39 is 29.9 Å². The Balaban J connectivity index is 1.13. The molecule has 1 spiro atoms. The molecule has 2 aliphatic carbocycles. The number of phenolic OH excluding ortho intramolecular Hbond substituents is 1. The van der Waals surface area contributed by atoms with Gasteiger partial charge in [0.25, 0.3) is 11.8 Å². The number of carbonyl (C=O) groups excluding carboxylic acids is 3. The number of carboxylic acid groups (broad SMARTS) is 1. The van der Waals surface area contributed by atoms with E-state index in [4.69, 9.17) is 11.6 Å². The minimum absolute atomic E-state index is 0.0283. The van der Waals surface area contributed by atoms with Gasteiger partial charge in [0.1, 0.15) is 11.8 Å². The molecular formula is C30H29ClN4O6. The van der Waals surface area contributed by atoms with Crippen molar-refractivity contribution in [3.8, 4) is 5.75 Å². The molecule has 3 atom stereocenters. The van der Waals surface area contributed by atoms with Gasteiger partial charge in [0.2, 0.25) is 0 Å². The number of hydrogen-bond acceptors (Lipinski definition) is 5. The summed E-state index contributed by atoms with van der Waals surface area (Å²) in [6.07, 6.45) is 2.76. The van der Waals surface area contributed by atoms with Gasteiger partial charge in [-0.05, 0) is 54.7 Å². The van der Waals surface area contributed by atoms with E-state index in [1.807, 2.05) is 12.1 Å². The summed E-state index contributed by atoms with van der Waals surface area (Å²) in [5.74, 6) is -2.52. The second-order valence-electron chi connectivity index (χ2n) is 10.3. The van der Waals surface area contributed by atoms with E-state index in [1.165, 1.54) is 35.4 Å². The number of aryl methyl sites for hydroxylation is 1. The summed E-state index contributed by atoms with van der Waals surface area (Å²) in [6, 6.07) is 16.8. The number of benzene rings is 3. The molecular weight excluding hydrogens is 548 g/mol. The number of fused-ring (bicyclic) bond motifs is 2. The highest BCUT2D eigenvalue weighted by molar-refractivity contribution is 6.34. The highest BCUT2D eigenvalue weighted by atomic mass is 35.5. The van der Waals surface area contributed by atoms with Crippen LogP contribution >= 0.6 is 11.6 Å². The molecule has 0 bridgehead atoms. The lowest BCUT2D eigenvalue weighted by atomic mass is 9.97. The fourth-order valence-corrected chi connectivity index (χ4v) is 5.67. The SMILES string of the molecule is O=C(NC[C@H](NC(=O)c1ccc(C(=O)NCc2ccccc2O)cc1Cl)C(=O)O)NC1CC12CCc1ccccc12. The quantitative estimate of drug-likeness (QED) is 0.230. The standard InChI is InChI=1S/C30H29ClN4O6/c31-22-13-18(26(37)32-15-19-6-2-4-8-24(19)36)9-10-20(22)27(38)34-23(28(39)40)16-33-29(41)35-25-14-30(25)12-11-17-5-1-3-7-21(17)30/h1-10,13,23,25,36H,11-12,14-16H2,(H,32,37)(H,34,38)(H,39,40)(H2,33,35,41)/t23-,25?,30?/m0/s1. The molecule has 41 heavy (non-hydrogen) atoms. The maximum absolute atomic E-state index is 12.8. The molecule has 0 heterocycles. The number of aromatic hydroxyl groups is 1. The van der Waals surface area contributed by atoms with Gasteiger partial charge in [-0.2, -0.15) is 0 Å². The minimum atomic E-state index is -1.41. The number of aliphatic carboxylic acids is 1. The zero-order chi connectivity index (χ0) is 29.1. The van der Waals surface area contributed by atoms with Gasteiger partial charge in [-0.25, -0.2) is 9.59 Å². The highest BCUT2D eigenvalue weighted by Gasteiger charge is 2.58. The molecule has 3 aromatic carbocycles. The van der Waals surface area contributed by atoms with Gasteiger partial charge in [0.05, 0.1) is 17.1 Å². The van der Waals surface area contributed by atoms with Gasteiger partial charge in [-0.3, -0.25) is 9.59 Å². The van der Waals surface area contributed by atoms with Crippen LogP contribution in [0.4, 0.5) is 4.79 Å². The first kappa shape index (κ1) is 28.0. The zero-order valence-corrected chi connectivity index (χ0v) is 22.7. The minimum Gasteiger partial charge on any atom is -0.508 e. The number of phenols is 1. The maximum Gasteiger partial charge on any atom is 0.328 e. The molecule has 5 rings (SSSR count). The Kier molecular flexibility index (Phi) is 7.85. The van der Waals surface area contributed by atoms with Crippen molar-refractivity contribution in [1.29, 1.82) is 0 Å². The van der Waals surface area contributed by atoms with Gasteiger partial charge < -0.3 is 31.5 Å². The van der Waals surface area contributed by atoms with E-state index in [-0.39, 0.29) is 46.4 Å². The first-order valence-electron chi connectivity index (χ1n) is 13.2. The molecule has 0 saturated heterocycles. The van der Waals surface area contributed by atoms with Crippen molar-refractivity contribution in [3.05, 3.63) is 99.6 Å². The lowest BCUT2D eigenvalue weighted by Gasteiger charge is -2.17. The molecule has 1 fully saturated rings. The van der Waals surface area contributed by atoms with Crippen LogP contribution in [0, 0.1) is 0 Å². The van der Waals surface area contributed by atoms with E-state index in [2.05, 4.69) is 33.4 Å². The summed E-state index contributed by atoms with van der Waals surface area (Å²) < 4.78 is 0. The zero-order valence-electron chi connectivity index (χ0n) is 21.9. The molecule has 1 saturated carbocycles. The highest BCUT2D eigenvalue weighted by Crippen LogP contribution is 2.56.